The lowest BCUT2D eigenvalue weighted by Crippen LogP contribution is -2.35. The number of esters is 1. The summed E-state index contributed by atoms with van der Waals surface area (Å²) in [7, 11) is 1.37. The van der Waals surface area contributed by atoms with Crippen molar-refractivity contribution in [2.24, 2.45) is 5.41 Å². The number of methoxy groups -OCH3 is 1. The first-order valence-corrected chi connectivity index (χ1v) is 12.1. The fourth-order valence-electron chi connectivity index (χ4n) is 4.54. The number of aromatic nitrogens is 1. The first kappa shape index (κ1) is 22.4. The molecule has 3 heterocycles. The van der Waals surface area contributed by atoms with Crippen LogP contribution in [0.15, 0.2) is 54.7 Å². The lowest BCUT2D eigenvalue weighted by molar-refractivity contribution is -0.150. The van der Waals surface area contributed by atoms with Gasteiger partial charge >= 0.3 is 5.97 Å². The number of amides is 1. The van der Waals surface area contributed by atoms with Gasteiger partial charge in [-0.1, -0.05) is 41.7 Å². The Kier molecular flexibility index (Phi) is 6.00. The molecule has 0 bridgehead atoms. The van der Waals surface area contributed by atoms with E-state index in [0.717, 1.165) is 24.2 Å². The zero-order chi connectivity index (χ0) is 23.7. The highest BCUT2D eigenvalue weighted by Crippen LogP contribution is 2.38. The van der Waals surface area contributed by atoms with Gasteiger partial charge in [-0.05, 0) is 55.5 Å². The van der Waals surface area contributed by atoms with Crippen molar-refractivity contribution in [1.29, 1.82) is 0 Å². The quantitative estimate of drug-likeness (QED) is 0.479. The van der Waals surface area contributed by atoms with E-state index >= 15 is 0 Å². The van der Waals surface area contributed by atoms with Gasteiger partial charge in [0, 0.05) is 13.1 Å². The minimum atomic E-state index is -0.668. The molecule has 1 amide bonds. The van der Waals surface area contributed by atoms with Crippen molar-refractivity contribution in [1.82, 2.24) is 9.88 Å². The molecular weight excluding hydrogens is 452 g/mol. The molecule has 7 nitrogen and oxygen atoms in total. The molecule has 0 spiro atoms. The van der Waals surface area contributed by atoms with Gasteiger partial charge in [0.15, 0.2) is 0 Å². The van der Waals surface area contributed by atoms with E-state index in [4.69, 9.17) is 14.2 Å². The smallest absolute Gasteiger partial charge is 0.313 e. The molecule has 8 heteroatoms. The molecule has 0 N–H and O–H groups in total. The monoisotopic (exact) mass is 478 g/mol. The summed E-state index contributed by atoms with van der Waals surface area (Å²) in [4.78, 5) is 31.4. The summed E-state index contributed by atoms with van der Waals surface area (Å²) in [6.07, 6.45) is 3.95. The van der Waals surface area contributed by atoms with Crippen LogP contribution in [-0.2, 0) is 16.0 Å². The Balaban J connectivity index is 1.23. The Bertz CT molecular complexity index is 1210. The first-order valence-electron chi connectivity index (χ1n) is 11.3. The van der Waals surface area contributed by atoms with Crippen LogP contribution in [0, 0.1) is 5.41 Å². The van der Waals surface area contributed by atoms with E-state index in [0.29, 0.717) is 35.3 Å². The van der Waals surface area contributed by atoms with E-state index in [1.165, 1.54) is 30.2 Å². The van der Waals surface area contributed by atoms with Crippen LogP contribution in [0.4, 0.5) is 0 Å². The van der Waals surface area contributed by atoms with Crippen LogP contribution in [0.25, 0.3) is 0 Å². The van der Waals surface area contributed by atoms with E-state index in [9.17, 15) is 9.59 Å². The molecule has 2 atom stereocenters. The molecule has 0 radical (unpaired) electrons. The predicted octanol–water partition coefficient (Wildman–Crippen LogP) is 5.03. The molecule has 34 heavy (non-hydrogen) atoms. The van der Waals surface area contributed by atoms with Crippen LogP contribution >= 0.6 is 11.3 Å². The van der Waals surface area contributed by atoms with E-state index in [1.54, 1.807) is 4.90 Å². The van der Waals surface area contributed by atoms with Gasteiger partial charge in [0.1, 0.15) is 22.5 Å². The van der Waals surface area contributed by atoms with E-state index < -0.39 is 5.41 Å². The SMILES string of the molecule is COC(=O)C1(C)CCN(C(=O)c2cnc(Oc3ccc4c(c3)CCC(c3ccccc3)O4)s2)C1. The Morgan fingerprint density at radius 3 is 2.82 bits per heavy atom. The Morgan fingerprint density at radius 2 is 2.03 bits per heavy atom. The van der Waals surface area contributed by atoms with Crippen molar-refractivity contribution < 1.29 is 23.8 Å². The zero-order valence-corrected chi connectivity index (χ0v) is 20.0. The molecule has 2 unspecified atom stereocenters. The number of nitrogens with zero attached hydrogens (tertiary/aromatic N) is 2. The summed E-state index contributed by atoms with van der Waals surface area (Å²) < 4.78 is 17.1. The summed E-state index contributed by atoms with van der Waals surface area (Å²) in [5, 5.41) is 0.400. The number of thiazole rings is 1. The van der Waals surface area contributed by atoms with Gasteiger partial charge in [-0.3, -0.25) is 9.59 Å². The maximum Gasteiger partial charge on any atom is 0.313 e. The van der Waals surface area contributed by atoms with Gasteiger partial charge in [0.05, 0.1) is 18.7 Å². The third-order valence-corrected chi connectivity index (χ3v) is 7.35. The molecule has 1 saturated heterocycles. The number of aryl methyl sites for hydroxylation is 1. The number of carbonyl (C=O) groups excluding carboxylic acids is 2. The normalized spacial score (nSPS) is 21.5. The lowest BCUT2D eigenvalue weighted by atomic mass is 9.90. The molecule has 1 aromatic heterocycles. The van der Waals surface area contributed by atoms with Gasteiger partial charge in [0.2, 0.25) is 0 Å². The van der Waals surface area contributed by atoms with Crippen molar-refractivity contribution in [2.75, 3.05) is 20.2 Å². The highest BCUT2D eigenvalue weighted by atomic mass is 32.1. The van der Waals surface area contributed by atoms with Crippen LogP contribution < -0.4 is 9.47 Å². The number of likely N-dealkylation sites (tertiary alicyclic amines) is 1. The Labute approximate surface area is 202 Å². The maximum atomic E-state index is 12.9. The van der Waals surface area contributed by atoms with Crippen molar-refractivity contribution in [3.8, 4) is 16.7 Å². The fraction of sp³-hybridized carbons (Fsp3) is 0.346. The summed E-state index contributed by atoms with van der Waals surface area (Å²) in [6.45, 7) is 2.67. The summed E-state index contributed by atoms with van der Waals surface area (Å²) in [5.74, 6) is 1.09. The fourth-order valence-corrected chi connectivity index (χ4v) is 5.29. The van der Waals surface area contributed by atoms with Crippen LogP contribution in [0.1, 0.15) is 46.7 Å². The minimum absolute atomic E-state index is 0.0552. The van der Waals surface area contributed by atoms with Gasteiger partial charge in [-0.15, -0.1) is 0 Å². The average molecular weight is 479 g/mol. The van der Waals surface area contributed by atoms with Crippen molar-refractivity contribution >= 4 is 23.2 Å². The lowest BCUT2D eigenvalue weighted by Gasteiger charge is -2.26. The molecule has 3 aromatic rings. The number of ether oxygens (including phenoxy) is 3. The van der Waals surface area contributed by atoms with E-state index in [-0.39, 0.29) is 18.0 Å². The van der Waals surface area contributed by atoms with Crippen LogP contribution in [0.2, 0.25) is 0 Å². The molecule has 0 aliphatic carbocycles. The second kappa shape index (κ2) is 9.10. The summed E-state index contributed by atoms with van der Waals surface area (Å²) >= 11 is 1.20. The molecule has 176 valence electrons. The molecule has 5 rings (SSSR count). The zero-order valence-electron chi connectivity index (χ0n) is 19.2. The highest BCUT2D eigenvalue weighted by molar-refractivity contribution is 7.15. The first-order chi connectivity index (χ1) is 16.4. The Hall–Kier alpha value is -3.39. The molecule has 2 aliphatic rings. The van der Waals surface area contributed by atoms with Crippen LogP contribution in [0.5, 0.6) is 16.7 Å². The summed E-state index contributed by atoms with van der Waals surface area (Å²) in [6, 6.07) is 16.0. The van der Waals surface area contributed by atoms with E-state index in [1.807, 2.05) is 43.3 Å². The second-order valence-electron chi connectivity index (χ2n) is 8.95. The minimum Gasteiger partial charge on any atom is -0.485 e. The molecule has 2 aromatic carbocycles. The largest absolute Gasteiger partial charge is 0.485 e. The van der Waals surface area contributed by atoms with Gasteiger partial charge in [-0.25, -0.2) is 4.98 Å². The third kappa shape index (κ3) is 4.37. The Morgan fingerprint density at radius 1 is 1.21 bits per heavy atom. The molecule has 2 aliphatic heterocycles. The standard InChI is InChI=1S/C26H26N2O5S/c1-26(24(30)31-2)12-13-28(16-26)23(29)22-15-27-25(34-22)32-19-9-11-21-18(14-19)8-10-20(33-21)17-6-4-3-5-7-17/h3-7,9,11,14-15,20H,8,10,12-13,16H2,1-2H3. The van der Waals surface area contributed by atoms with Gasteiger partial charge in [0.25, 0.3) is 11.1 Å². The molecule has 0 saturated carbocycles. The number of fused-ring (bicyclic) bond motifs is 1. The number of rotatable bonds is 5. The topological polar surface area (TPSA) is 78.0 Å². The predicted molar refractivity (Wildman–Crippen MR) is 127 cm³/mol. The van der Waals surface area contributed by atoms with Crippen molar-refractivity contribution in [3.63, 3.8) is 0 Å². The van der Waals surface area contributed by atoms with Crippen LogP contribution in [-0.4, -0.2) is 42.0 Å². The molecular formula is C26H26N2O5S. The van der Waals surface area contributed by atoms with Gasteiger partial charge in [-0.2, -0.15) is 0 Å². The number of benzene rings is 2. The number of carbonyl (C=O) groups is 2. The second-order valence-corrected chi connectivity index (χ2v) is 9.94. The molecule has 1 fully saturated rings. The maximum absolute atomic E-state index is 12.9. The van der Waals surface area contributed by atoms with E-state index in [2.05, 4.69) is 17.1 Å². The highest BCUT2D eigenvalue weighted by Gasteiger charge is 2.43. The van der Waals surface area contributed by atoms with Crippen LogP contribution in [0.3, 0.4) is 0 Å². The van der Waals surface area contributed by atoms with Gasteiger partial charge < -0.3 is 19.1 Å². The van der Waals surface area contributed by atoms with Crippen molar-refractivity contribution in [3.05, 3.63) is 70.7 Å². The number of hydrogen-bond acceptors (Lipinski definition) is 7. The number of hydrogen-bond donors (Lipinski definition) is 0. The third-order valence-electron chi connectivity index (χ3n) is 6.49. The van der Waals surface area contributed by atoms with Crippen molar-refractivity contribution in [2.45, 2.75) is 32.3 Å². The summed E-state index contributed by atoms with van der Waals surface area (Å²) in [5.41, 5.74) is 1.61. The average Bonchev–Trinajstić information content (AvgIpc) is 3.51.